The second-order valence-electron chi connectivity index (χ2n) is 7.87. The average molecular weight is 320 g/mol. The standard InChI is InChI=1S/C19H32N2O2/c1-2-17(22)21-14-16(19(15-21)10-4-3-5-11-19)8-9-18(23)20-12-6-7-13-20/h16H,2-15H2,1H3. The van der Waals surface area contributed by atoms with Crippen LogP contribution in [0.25, 0.3) is 0 Å². The third kappa shape index (κ3) is 3.56. The fourth-order valence-electron chi connectivity index (χ4n) is 5.09. The molecule has 130 valence electrons. The number of amides is 2. The van der Waals surface area contributed by atoms with E-state index in [9.17, 15) is 9.59 Å². The summed E-state index contributed by atoms with van der Waals surface area (Å²) in [5.74, 6) is 1.17. The van der Waals surface area contributed by atoms with Crippen molar-refractivity contribution in [2.45, 2.75) is 71.1 Å². The van der Waals surface area contributed by atoms with Crippen LogP contribution in [0.4, 0.5) is 0 Å². The first-order valence-corrected chi connectivity index (χ1v) is 9.70. The zero-order valence-corrected chi connectivity index (χ0v) is 14.7. The molecule has 0 aromatic heterocycles. The Kier molecular flexibility index (Phi) is 5.27. The third-order valence-corrected chi connectivity index (χ3v) is 6.48. The summed E-state index contributed by atoms with van der Waals surface area (Å²) in [6, 6.07) is 0. The lowest BCUT2D eigenvalue weighted by Crippen LogP contribution is -2.35. The number of nitrogens with zero attached hydrogens (tertiary/aromatic N) is 2. The molecule has 0 radical (unpaired) electrons. The molecule has 3 rings (SSSR count). The predicted molar refractivity (Wildman–Crippen MR) is 90.9 cm³/mol. The monoisotopic (exact) mass is 320 g/mol. The van der Waals surface area contributed by atoms with Gasteiger partial charge in [-0.15, -0.1) is 0 Å². The van der Waals surface area contributed by atoms with Crippen LogP contribution in [0.5, 0.6) is 0 Å². The van der Waals surface area contributed by atoms with Crippen LogP contribution in [-0.2, 0) is 9.59 Å². The van der Waals surface area contributed by atoms with E-state index in [1.807, 2.05) is 11.8 Å². The first kappa shape index (κ1) is 16.8. The minimum atomic E-state index is 0.295. The highest BCUT2D eigenvalue weighted by atomic mass is 16.2. The van der Waals surface area contributed by atoms with Crippen LogP contribution in [0, 0.1) is 11.3 Å². The number of hydrogen-bond acceptors (Lipinski definition) is 2. The van der Waals surface area contributed by atoms with Crippen LogP contribution in [0.3, 0.4) is 0 Å². The van der Waals surface area contributed by atoms with E-state index < -0.39 is 0 Å². The maximum atomic E-state index is 12.4. The van der Waals surface area contributed by atoms with Crippen molar-refractivity contribution >= 4 is 11.8 Å². The highest BCUT2D eigenvalue weighted by Crippen LogP contribution is 2.49. The van der Waals surface area contributed by atoms with Crippen LogP contribution in [-0.4, -0.2) is 47.8 Å². The van der Waals surface area contributed by atoms with Crippen molar-refractivity contribution in [3.8, 4) is 0 Å². The fourth-order valence-corrected chi connectivity index (χ4v) is 5.09. The van der Waals surface area contributed by atoms with E-state index in [0.29, 0.717) is 36.0 Å². The largest absolute Gasteiger partial charge is 0.343 e. The summed E-state index contributed by atoms with van der Waals surface area (Å²) in [4.78, 5) is 28.7. The number of hydrogen-bond donors (Lipinski definition) is 0. The molecule has 1 aliphatic carbocycles. The van der Waals surface area contributed by atoms with Crippen LogP contribution in [0.2, 0.25) is 0 Å². The highest BCUT2D eigenvalue weighted by molar-refractivity contribution is 5.77. The first-order chi connectivity index (χ1) is 11.1. The summed E-state index contributed by atoms with van der Waals surface area (Å²) < 4.78 is 0. The van der Waals surface area contributed by atoms with Gasteiger partial charge < -0.3 is 9.80 Å². The second-order valence-corrected chi connectivity index (χ2v) is 7.87. The average Bonchev–Trinajstić information content (AvgIpc) is 3.22. The first-order valence-electron chi connectivity index (χ1n) is 9.70. The van der Waals surface area contributed by atoms with Crippen molar-refractivity contribution in [1.82, 2.24) is 9.80 Å². The summed E-state index contributed by atoms with van der Waals surface area (Å²) >= 11 is 0. The van der Waals surface area contributed by atoms with Crippen molar-refractivity contribution < 1.29 is 9.59 Å². The second kappa shape index (κ2) is 7.23. The fraction of sp³-hybridized carbons (Fsp3) is 0.895. The van der Waals surface area contributed by atoms with E-state index in [1.54, 1.807) is 0 Å². The third-order valence-electron chi connectivity index (χ3n) is 6.48. The Morgan fingerprint density at radius 2 is 1.65 bits per heavy atom. The maximum absolute atomic E-state index is 12.4. The summed E-state index contributed by atoms with van der Waals surface area (Å²) in [5, 5.41) is 0. The molecule has 1 spiro atoms. The molecule has 4 nitrogen and oxygen atoms in total. The molecule has 23 heavy (non-hydrogen) atoms. The molecular weight excluding hydrogens is 288 g/mol. The lowest BCUT2D eigenvalue weighted by Gasteiger charge is -2.38. The van der Waals surface area contributed by atoms with Gasteiger partial charge in [0.1, 0.15) is 0 Å². The van der Waals surface area contributed by atoms with Gasteiger partial charge in [0, 0.05) is 39.0 Å². The van der Waals surface area contributed by atoms with E-state index in [2.05, 4.69) is 4.90 Å². The van der Waals surface area contributed by atoms with Crippen molar-refractivity contribution in [3.63, 3.8) is 0 Å². The molecule has 2 amide bonds. The predicted octanol–water partition coefficient (Wildman–Crippen LogP) is 3.21. The smallest absolute Gasteiger partial charge is 0.222 e. The Morgan fingerprint density at radius 1 is 0.957 bits per heavy atom. The lowest BCUT2D eigenvalue weighted by atomic mass is 9.66. The summed E-state index contributed by atoms with van der Waals surface area (Å²) in [7, 11) is 0. The van der Waals surface area contributed by atoms with Gasteiger partial charge in [0.05, 0.1) is 0 Å². The molecule has 1 unspecified atom stereocenters. The van der Waals surface area contributed by atoms with Gasteiger partial charge in [0.2, 0.25) is 11.8 Å². The Balaban J connectivity index is 1.62. The van der Waals surface area contributed by atoms with E-state index in [1.165, 1.54) is 32.1 Å². The molecule has 0 aromatic rings. The van der Waals surface area contributed by atoms with Gasteiger partial charge >= 0.3 is 0 Å². The molecule has 0 aromatic carbocycles. The zero-order valence-electron chi connectivity index (χ0n) is 14.7. The number of rotatable bonds is 4. The minimum absolute atomic E-state index is 0.295. The normalized spacial score (nSPS) is 26.9. The van der Waals surface area contributed by atoms with E-state index in [-0.39, 0.29) is 0 Å². The highest BCUT2D eigenvalue weighted by Gasteiger charge is 2.47. The molecule has 0 bridgehead atoms. The Morgan fingerprint density at radius 3 is 2.30 bits per heavy atom. The zero-order chi connectivity index (χ0) is 16.3. The topological polar surface area (TPSA) is 40.6 Å². The van der Waals surface area contributed by atoms with Gasteiger partial charge in [0.25, 0.3) is 0 Å². The molecule has 1 atom stereocenters. The number of likely N-dealkylation sites (tertiary alicyclic amines) is 2. The van der Waals surface area contributed by atoms with Gasteiger partial charge in [-0.2, -0.15) is 0 Å². The molecular formula is C19H32N2O2. The molecule has 4 heteroatoms. The van der Waals surface area contributed by atoms with Crippen molar-refractivity contribution in [2.75, 3.05) is 26.2 Å². The van der Waals surface area contributed by atoms with Gasteiger partial charge in [-0.05, 0) is 43.4 Å². The van der Waals surface area contributed by atoms with Crippen molar-refractivity contribution in [1.29, 1.82) is 0 Å². The Labute approximate surface area is 140 Å². The molecule has 2 saturated heterocycles. The van der Waals surface area contributed by atoms with Crippen LogP contribution >= 0.6 is 0 Å². The lowest BCUT2D eigenvalue weighted by molar-refractivity contribution is -0.130. The van der Waals surface area contributed by atoms with Gasteiger partial charge in [0.15, 0.2) is 0 Å². The Bertz CT molecular complexity index is 437. The summed E-state index contributed by atoms with van der Waals surface area (Å²) in [6.45, 7) is 5.70. The van der Waals surface area contributed by atoms with Crippen molar-refractivity contribution in [3.05, 3.63) is 0 Å². The van der Waals surface area contributed by atoms with Gasteiger partial charge in [-0.25, -0.2) is 0 Å². The molecule has 2 heterocycles. The Hall–Kier alpha value is -1.06. The SMILES string of the molecule is CCC(=O)N1CC(CCC(=O)N2CCCC2)C2(CCCCC2)C1. The number of carbonyl (C=O) groups is 2. The maximum Gasteiger partial charge on any atom is 0.222 e. The molecule has 3 fully saturated rings. The molecule has 3 aliphatic rings. The quantitative estimate of drug-likeness (QED) is 0.798. The molecule has 1 saturated carbocycles. The van der Waals surface area contributed by atoms with Crippen LogP contribution in [0.15, 0.2) is 0 Å². The molecule has 2 aliphatic heterocycles. The van der Waals surface area contributed by atoms with E-state index >= 15 is 0 Å². The minimum Gasteiger partial charge on any atom is -0.343 e. The van der Waals surface area contributed by atoms with Gasteiger partial charge in [-0.3, -0.25) is 9.59 Å². The molecule has 0 N–H and O–H groups in total. The number of carbonyl (C=O) groups excluding carboxylic acids is 2. The van der Waals surface area contributed by atoms with E-state index in [0.717, 1.165) is 45.4 Å². The summed E-state index contributed by atoms with van der Waals surface area (Å²) in [6.07, 6.45) is 11.0. The van der Waals surface area contributed by atoms with Gasteiger partial charge in [-0.1, -0.05) is 26.2 Å². The van der Waals surface area contributed by atoms with Crippen LogP contribution < -0.4 is 0 Å². The van der Waals surface area contributed by atoms with E-state index in [4.69, 9.17) is 0 Å². The van der Waals surface area contributed by atoms with Crippen LogP contribution in [0.1, 0.15) is 71.1 Å². The summed E-state index contributed by atoms with van der Waals surface area (Å²) in [5.41, 5.74) is 0.314. The van der Waals surface area contributed by atoms with Crippen molar-refractivity contribution in [2.24, 2.45) is 11.3 Å².